The van der Waals surface area contributed by atoms with E-state index in [1.54, 1.807) is 0 Å². The first kappa shape index (κ1) is 14.6. The maximum absolute atomic E-state index is 11.9. The molecule has 100 valence electrons. The molecule has 1 heterocycles. The van der Waals surface area contributed by atoms with Crippen molar-refractivity contribution in [1.82, 2.24) is 4.90 Å². The summed E-state index contributed by atoms with van der Waals surface area (Å²) in [4.78, 5) is 14.2. The number of ether oxygens (including phenoxy) is 1. The number of hydrogen-bond donors (Lipinski definition) is 1. The quantitative estimate of drug-likeness (QED) is 0.782. The molecule has 1 aliphatic heterocycles. The fourth-order valence-electron chi connectivity index (χ4n) is 1.94. The predicted molar refractivity (Wildman–Crippen MR) is 68.9 cm³/mol. The minimum Gasteiger partial charge on any atom is -0.379 e. The lowest BCUT2D eigenvalue weighted by atomic mass is 9.84. The highest BCUT2D eigenvalue weighted by molar-refractivity contribution is 5.84. The average Bonchev–Trinajstić information content (AvgIpc) is 2.28. The Kier molecular flexibility index (Phi) is 5.56. The Morgan fingerprint density at radius 1 is 1.35 bits per heavy atom. The van der Waals surface area contributed by atoms with Crippen LogP contribution in [0, 0.1) is 5.41 Å². The number of rotatable bonds is 5. The van der Waals surface area contributed by atoms with Crippen LogP contribution in [-0.2, 0) is 9.53 Å². The van der Waals surface area contributed by atoms with E-state index in [4.69, 9.17) is 10.5 Å². The zero-order valence-corrected chi connectivity index (χ0v) is 11.4. The molecule has 0 aromatic carbocycles. The normalized spacial score (nSPS) is 20.2. The molecular weight excluding hydrogens is 216 g/mol. The van der Waals surface area contributed by atoms with Crippen molar-refractivity contribution >= 4 is 5.78 Å². The molecule has 1 fully saturated rings. The van der Waals surface area contributed by atoms with Crippen molar-refractivity contribution in [3.8, 4) is 0 Å². The second kappa shape index (κ2) is 6.47. The van der Waals surface area contributed by atoms with Gasteiger partial charge < -0.3 is 10.5 Å². The van der Waals surface area contributed by atoms with E-state index in [-0.39, 0.29) is 17.2 Å². The summed E-state index contributed by atoms with van der Waals surface area (Å²) in [5.41, 5.74) is 5.80. The van der Waals surface area contributed by atoms with Crippen molar-refractivity contribution in [1.29, 1.82) is 0 Å². The monoisotopic (exact) mass is 242 g/mol. The van der Waals surface area contributed by atoms with Crippen LogP contribution in [-0.4, -0.2) is 49.6 Å². The van der Waals surface area contributed by atoms with Crippen molar-refractivity contribution in [3.05, 3.63) is 0 Å². The molecule has 0 saturated carbocycles. The second-order valence-corrected chi connectivity index (χ2v) is 5.87. The summed E-state index contributed by atoms with van der Waals surface area (Å²) in [5.74, 6) is 0.186. The average molecular weight is 242 g/mol. The van der Waals surface area contributed by atoms with Gasteiger partial charge in [0.05, 0.1) is 19.3 Å². The number of carbonyl (C=O) groups excluding carboxylic acids is 1. The molecule has 1 rings (SSSR count). The minimum absolute atomic E-state index is 0.129. The summed E-state index contributed by atoms with van der Waals surface area (Å²) in [6.45, 7) is 10.6. The van der Waals surface area contributed by atoms with Crippen molar-refractivity contribution in [2.24, 2.45) is 11.1 Å². The topological polar surface area (TPSA) is 55.6 Å². The van der Waals surface area contributed by atoms with E-state index in [9.17, 15) is 4.79 Å². The van der Waals surface area contributed by atoms with E-state index in [2.05, 4.69) is 4.90 Å². The largest absolute Gasteiger partial charge is 0.379 e. The molecule has 0 aromatic rings. The zero-order chi connectivity index (χ0) is 12.9. The van der Waals surface area contributed by atoms with Gasteiger partial charge in [0.25, 0.3) is 0 Å². The van der Waals surface area contributed by atoms with Gasteiger partial charge in [-0.1, -0.05) is 20.8 Å². The Morgan fingerprint density at radius 2 is 1.94 bits per heavy atom. The molecule has 17 heavy (non-hydrogen) atoms. The number of Topliss-reactive ketones (excluding diaryl/α,β-unsaturated/α-hetero) is 1. The highest BCUT2D eigenvalue weighted by Crippen LogP contribution is 2.19. The van der Waals surface area contributed by atoms with Gasteiger partial charge in [0.1, 0.15) is 5.78 Å². The fourth-order valence-corrected chi connectivity index (χ4v) is 1.94. The zero-order valence-electron chi connectivity index (χ0n) is 11.4. The molecule has 0 aliphatic carbocycles. The third kappa shape index (κ3) is 5.15. The van der Waals surface area contributed by atoms with E-state index in [1.807, 2.05) is 20.8 Å². The first-order chi connectivity index (χ1) is 7.91. The number of morpholine rings is 1. The van der Waals surface area contributed by atoms with Crippen molar-refractivity contribution in [2.45, 2.75) is 39.7 Å². The van der Waals surface area contributed by atoms with Crippen LogP contribution in [0.1, 0.15) is 33.6 Å². The Morgan fingerprint density at radius 3 is 2.47 bits per heavy atom. The van der Waals surface area contributed by atoms with Gasteiger partial charge in [0.2, 0.25) is 0 Å². The third-order valence-electron chi connectivity index (χ3n) is 3.28. The molecule has 1 atom stereocenters. The van der Waals surface area contributed by atoms with Crippen LogP contribution >= 0.6 is 0 Å². The van der Waals surface area contributed by atoms with Gasteiger partial charge in [-0.2, -0.15) is 0 Å². The molecule has 4 nitrogen and oxygen atoms in total. The van der Waals surface area contributed by atoms with E-state index in [1.165, 1.54) is 0 Å². The van der Waals surface area contributed by atoms with Crippen LogP contribution in [0.25, 0.3) is 0 Å². The summed E-state index contributed by atoms with van der Waals surface area (Å²) < 4.78 is 5.28. The van der Waals surface area contributed by atoms with Gasteiger partial charge in [-0.15, -0.1) is 0 Å². The molecule has 0 bridgehead atoms. The smallest absolute Gasteiger partial charge is 0.150 e. The van der Waals surface area contributed by atoms with E-state index in [0.717, 1.165) is 39.3 Å². The van der Waals surface area contributed by atoms with Crippen LogP contribution < -0.4 is 5.73 Å². The molecule has 0 unspecified atom stereocenters. The third-order valence-corrected chi connectivity index (χ3v) is 3.28. The van der Waals surface area contributed by atoms with E-state index < -0.39 is 0 Å². The maximum atomic E-state index is 11.9. The summed E-state index contributed by atoms with van der Waals surface area (Å²) in [6, 6.07) is -0.341. The van der Waals surface area contributed by atoms with Crippen molar-refractivity contribution < 1.29 is 9.53 Å². The summed E-state index contributed by atoms with van der Waals surface area (Å²) in [7, 11) is 0. The second-order valence-electron chi connectivity index (χ2n) is 5.87. The fraction of sp³-hybridized carbons (Fsp3) is 0.923. The van der Waals surface area contributed by atoms with Gasteiger partial charge in [-0.25, -0.2) is 0 Å². The first-order valence-electron chi connectivity index (χ1n) is 6.49. The van der Waals surface area contributed by atoms with Crippen LogP contribution in [0.4, 0.5) is 0 Å². The standard InChI is InChI=1S/C13H26N2O2/c1-13(2,3)12(14)11(16)5-4-6-15-7-9-17-10-8-15/h12H,4-10,14H2,1-3H3/t12-/m1/s1. The molecule has 0 amide bonds. The number of ketones is 1. The summed E-state index contributed by atoms with van der Waals surface area (Å²) in [5, 5.41) is 0. The van der Waals surface area contributed by atoms with Crippen LogP contribution in [0.3, 0.4) is 0 Å². The van der Waals surface area contributed by atoms with Gasteiger partial charge in [-0.3, -0.25) is 9.69 Å². The minimum atomic E-state index is -0.341. The lowest BCUT2D eigenvalue weighted by Gasteiger charge is -2.28. The van der Waals surface area contributed by atoms with Crippen molar-refractivity contribution in [2.75, 3.05) is 32.8 Å². The van der Waals surface area contributed by atoms with Crippen molar-refractivity contribution in [3.63, 3.8) is 0 Å². The van der Waals surface area contributed by atoms with Crippen LogP contribution in [0.15, 0.2) is 0 Å². The Hall–Kier alpha value is -0.450. The molecule has 1 saturated heterocycles. The Balaban J connectivity index is 2.19. The molecule has 2 N–H and O–H groups in total. The van der Waals surface area contributed by atoms with Gasteiger partial charge in [0, 0.05) is 19.5 Å². The number of hydrogen-bond acceptors (Lipinski definition) is 4. The number of nitrogens with two attached hydrogens (primary N) is 1. The molecule has 0 radical (unpaired) electrons. The maximum Gasteiger partial charge on any atom is 0.150 e. The summed E-state index contributed by atoms with van der Waals surface area (Å²) in [6.07, 6.45) is 1.50. The lowest BCUT2D eigenvalue weighted by Crippen LogP contribution is -2.42. The van der Waals surface area contributed by atoms with Gasteiger partial charge in [-0.05, 0) is 18.4 Å². The number of carbonyl (C=O) groups is 1. The highest BCUT2D eigenvalue weighted by Gasteiger charge is 2.26. The predicted octanol–water partition coefficient (Wildman–Crippen LogP) is 1.04. The lowest BCUT2D eigenvalue weighted by molar-refractivity contribution is -0.122. The first-order valence-corrected chi connectivity index (χ1v) is 6.49. The Labute approximate surface area is 104 Å². The number of nitrogens with zero attached hydrogens (tertiary/aromatic N) is 1. The van der Waals surface area contributed by atoms with Gasteiger partial charge >= 0.3 is 0 Å². The SMILES string of the molecule is CC(C)(C)[C@H](N)C(=O)CCCN1CCOCC1. The molecule has 4 heteroatoms. The Bertz CT molecular complexity index is 242. The van der Waals surface area contributed by atoms with Gasteiger partial charge in [0.15, 0.2) is 0 Å². The van der Waals surface area contributed by atoms with E-state index >= 15 is 0 Å². The molecule has 0 spiro atoms. The van der Waals surface area contributed by atoms with E-state index in [0.29, 0.717) is 6.42 Å². The highest BCUT2D eigenvalue weighted by atomic mass is 16.5. The summed E-state index contributed by atoms with van der Waals surface area (Å²) >= 11 is 0. The van der Waals surface area contributed by atoms with Crippen LogP contribution in [0.2, 0.25) is 0 Å². The van der Waals surface area contributed by atoms with Crippen LogP contribution in [0.5, 0.6) is 0 Å². The molecule has 0 aromatic heterocycles. The molecular formula is C13H26N2O2. The molecule has 1 aliphatic rings.